The number of hydrogen-bond acceptors (Lipinski definition) is 4. The van der Waals surface area contributed by atoms with E-state index in [9.17, 15) is 13.6 Å². The molecule has 0 aliphatic rings. The maximum atomic E-state index is 14.7. The fourth-order valence-corrected chi connectivity index (χ4v) is 2.57. The van der Waals surface area contributed by atoms with Gasteiger partial charge in [0.05, 0.1) is 25.6 Å². The minimum Gasteiger partial charge on any atom is -0.494 e. The standard InChI is InChI=1S/C18H16F2N4O2/c1-26-13-8-7-12(19)16(17(13)20)18-22-15(9-14(21)25)23-24(18)10-11-5-3-2-4-6-11/h2-8H,9-10H2,1H3,(H2,21,25). The Kier molecular flexibility index (Phi) is 4.92. The number of halogens is 2. The fourth-order valence-electron chi connectivity index (χ4n) is 2.57. The molecule has 1 heterocycles. The molecular formula is C18H16F2N4O2. The van der Waals surface area contributed by atoms with E-state index in [0.717, 1.165) is 11.6 Å². The number of amides is 1. The Balaban J connectivity index is 2.13. The maximum absolute atomic E-state index is 14.7. The number of ether oxygens (including phenoxy) is 1. The van der Waals surface area contributed by atoms with Crippen molar-refractivity contribution in [2.24, 2.45) is 5.73 Å². The molecule has 2 aromatic carbocycles. The summed E-state index contributed by atoms with van der Waals surface area (Å²) < 4.78 is 35.3. The molecule has 134 valence electrons. The van der Waals surface area contributed by atoms with Crippen LogP contribution in [0.3, 0.4) is 0 Å². The van der Waals surface area contributed by atoms with Crippen LogP contribution in [-0.4, -0.2) is 27.8 Å². The molecule has 2 N–H and O–H groups in total. The van der Waals surface area contributed by atoms with E-state index < -0.39 is 17.5 Å². The normalized spacial score (nSPS) is 10.7. The second-order valence-electron chi connectivity index (χ2n) is 5.58. The van der Waals surface area contributed by atoms with Gasteiger partial charge in [0.1, 0.15) is 5.82 Å². The zero-order chi connectivity index (χ0) is 18.7. The Morgan fingerprint density at radius 1 is 1.19 bits per heavy atom. The number of benzene rings is 2. The summed E-state index contributed by atoms with van der Waals surface area (Å²) in [7, 11) is 1.29. The number of hydrogen-bond donors (Lipinski definition) is 1. The average molecular weight is 358 g/mol. The topological polar surface area (TPSA) is 83.0 Å². The highest BCUT2D eigenvalue weighted by molar-refractivity contribution is 5.75. The largest absolute Gasteiger partial charge is 0.494 e. The Morgan fingerprint density at radius 3 is 2.58 bits per heavy atom. The molecule has 0 saturated carbocycles. The molecule has 26 heavy (non-hydrogen) atoms. The summed E-state index contributed by atoms with van der Waals surface area (Å²) in [6.45, 7) is 0.220. The number of aromatic nitrogens is 3. The summed E-state index contributed by atoms with van der Waals surface area (Å²) in [5, 5.41) is 4.19. The quantitative estimate of drug-likeness (QED) is 0.733. The Hall–Kier alpha value is -3.29. The van der Waals surface area contributed by atoms with Crippen LogP contribution in [0.2, 0.25) is 0 Å². The Morgan fingerprint density at radius 2 is 1.92 bits per heavy atom. The number of carbonyl (C=O) groups excluding carboxylic acids is 1. The third-order valence-electron chi connectivity index (χ3n) is 3.72. The number of nitrogens with zero attached hydrogens (tertiary/aromatic N) is 3. The van der Waals surface area contributed by atoms with Crippen LogP contribution in [0.1, 0.15) is 11.4 Å². The van der Waals surface area contributed by atoms with E-state index in [1.165, 1.54) is 17.9 Å². The summed E-state index contributed by atoms with van der Waals surface area (Å²) in [4.78, 5) is 15.3. The highest BCUT2D eigenvalue weighted by Gasteiger charge is 2.23. The zero-order valence-corrected chi connectivity index (χ0v) is 13.9. The fraction of sp³-hybridized carbons (Fsp3) is 0.167. The number of carbonyl (C=O) groups is 1. The van der Waals surface area contributed by atoms with Crippen molar-refractivity contribution in [2.75, 3.05) is 7.11 Å². The van der Waals surface area contributed by atoms with Crippen LogP contribution in [0.5, 0.6) is 5.75 Å². The predicted octanol–water partition coefficient (Wildman–Crippen LogP) is 2.31. The van der Waals surface area contributed by atoms with Gasteiger partial charge in [0.25, 0.3) is 0 Å². The van der Waals surface area contributed by atoms with E-state index in [1.807, 2.05) is 30.3 Å². The monoisotopic (exact) mass is 358 g/mol. The first kappa shape index (κ1) is 17.5. The van der Waals surface area contributed by atoms with Gasteiger partial charge in [-0.3, -0.25) is 4.79 Å². The molecule has 0 aliphatic carbocycles. The molecule has 0 bridgehead atoms. The average Bonchev–Trinajstić information content (AvgIpc) is 2.97. The van der Waals surface area contributed by atoms with Crippen LogP contribution in [0, 0.1) is 11.6 Å². The van der Waals surface area contributed by atoms with Crippen LogP contribution in [0.4, 0.5) is 8.78 Å². The van der Waals surface area contributed by atoms with Gasteiger partial charge in [-0.05, 0) is 17.7 Å². The minimum absolute atomic E-state index is 0.0426. The first-order valence-electron chi connectivity index (χ1n) is 7.78. The molecule has 1 amide bonds. The summed E-state index contributed by atoms with van der Waals surface area (Å²) in [6.07, 6.45) is -0.234. The summed E-state index contributed by atoms with van der Waals surface area (Å²) in [5.41, 5.74) is 5.67. The molecule has 8 heteroatoms. The van der Waals surface area contributed by atoms with Crippen molar-refractivity contribution < 1.29 is 18.3 Å². The van der Waals surface area contributed by atoms with Gasteiger partial charge in [0.2, 0.25) is 5.91 Å². The number of methoxy groups -OCH3 is 1. The van der Waals surface area contributed by atoms with E-state index in [4.69, 9.17) is 10.5 Å². The van der Waals surface area contributed by atoms with Crippen molar-refractivity contribution in [3.8, 4) is 17.1 Å². The van der Waals surface area contributed by atoms with Gasteiger partial charge < -0.3 is 10.5 Å². The Labute approximate surface area is 148 Å². The van der Waals surface area contributed by atoms with Crippen molar-refractivity contribution in [1.29, 1.82) is 0 Å². The van der Waals surface area contributed by atoms with Crippen molar-refractivity contribution in [1.82, 2.24) is 14.8 Å². The van der Waals surface area contributed by atoms with Crippen molar-refractivity contribution in [3.05, 3.63) is 65.5 Å². The van der Waals surface area contributed by atoms with E-state index in [2.05, 4.69) is 10.1 Å². The van der Waals surface area contributed by atoms with Gasteiger partial charge in [0.15, 0.2) is 23.2 Å². The highest BCUT2D eigenvalue weighted by Crippen LogP contribution is 2.31. The molecule has 0 unspecified atom stereocenters. The van der Waals surface area contributed by atoms with Gasteiger partial charge in [-0.1, -0.05) is 30.3 Å². The smallest absolute Gasteiger partial charge is 0.225 e. The predicted molar refractivity (Wildman–Crippen MR) is 90.4 cm³/mol. The summed E-state index contributed by atoms with van der Waals surface area (Å²) in [6, 6.07) is 11.5. The third-order valence-corrected chi connectivity index (χ3v) is 3.72. The van der Waals surface area contributed by atoms with Crippen LogP contribution in [-0.2, 0) is 17.8 Å². The highest BCUT2D eigenvalue weighted by atomic mass is 19.1. The molecular weight excluding hydrogens is 342 g/mol. The molecule has 0 spiro atoms. The molecule has 0 saturated heterocycles. The number of nitrogens with two attached hydrogens (primary N) is 1. The van der Waals surface area contributed by atoms with Crippen LogP contribution in [0.15, 0.2) is 42.5 Å². The van der Waals surface area contributed by atoms with Gasteiger partial charge in [0, 0.05) is 0 Å². The molecule has 0 aliphatic heterocycles. The lowest BCUT2D eigenvalue weighted by atomic mass is 10.1. The molecule has 3 rings (SSSR count). The van der Waals surface area contributed by atoms with Crippen molar-refractivity contribution in [3.63, 3.8) is 0 Å². The lowest BCUT2D eigenvalue weighted by Crippen LogP contribution is -2.15. The van der Waals surface area contributed by atoms with Crippen LogP contribution < -0.4 is 10.5 Å². The van der Waals surface area contributed by atoms with Gasteiger partial charge in [-0.25, -0.2) is 18.4 Å². The molecule has 6 nitrogen and oxygen atoms in total. The maximum Gasteiger partial charge on any atom is 0.225 e. The Bertz CT molecular complexity index is 942. The first-order valence-corrected chi connectivity index (χ1v) is 7.78. The van der Waals surface area contributed by atoms with E-state index in [1.54, 1.807) is 0 Å². The summed E-state index contributed by atoms with van der Waals surface area (Å²) >= 11 is 0. The lowest BCUT2D eigenvalue weighted by Gasteiger charge is -2.10. The second kappa shape index (κ2) is 7.30. The van der Waals surface area contributed by atoms with Gasteiger partial charge in [-0.2, -0.15) is 5.10 Å². The third kappa shape index (κ3) is 3.53. The number of primary amides is 1. The molecule has 0 atom stereocenters. The van der Waals surface area contributed by atoms with Crippen LogP contribution >= 0.6 is 0 Å². The molecule has 0 fully saturated rings. The second-order valence-corrected chi connectivity index (χ2v) is 5.58. The minimum atomic E-state index is -0.889. The van der Waals surface area contributed by atoms with Gasteiger partial charge >= 0.3 is 0 Å². The molecule has 1 aromatic heterocycles. The first-order chi connectivity index (χ1) is 12.5. The van der Waals surface area contributed by atoms with Crippen molar-refractivity contribution in [2.45, 2.75) is 13.0 Å². The lowest BCUT2D eigenvalue weighted by molar-refractivity contribution is -0.117. The molecule has 3 aromatic rings. The zero-order valence-electron chi connectivity index (χ0n) is 13.9. The number of rotatable bonds is 6. The van der Waals surface area contributed by atoms with E-state index >= 15 is 0 Å². The van der Waals surface area contributed by atoms with Gasteiger partial charge in [-0.15, -0.1) is 0 Å². The van der Waals surface area contributed by atoms with E-state index in [0.29, 0.717) is 0 Å². The molecule has 0 radical (unpaired) electrons. The SMILES string of the molecule is COc1ccc(F)c(-c2nc(CC(N)=O)nn2Cc2ccccc2)c1F. The van der Waals surface area contributed by atoms with Crippen molar-refractivity contribution >= 4 is 5.91 Å². The van der Waals surface area contributed by atoms with E-state index in [-0.39, 0.29) is 35.9 Å². The van der Waals surface area contributed by atoms with Crippen LogP contribution in [0.25, 0.3) is 11.4 Å². The summed E-state index contributed by atoms with van der Waals surface area (Å²) in [5.74, 6) is -2.41.